The van der Waals surface area contributed by atoms with Crippen LogP contribution in [-0.2, 0) is 16.0 Å². The first-order valence-corrected chi connectivity index (χ1v) is 12.4. The molecule has 192 valence electrons. The second-order valence-electron chi connectivity index (χ2n) is 9.32. The molecule has 3 unspecified atom stereocenters. The second kappa shape index (κ2) is 9.95. The number of benzene rings is 3. The first kappa shape index (κ1) is 25.5. The number of quaternary nitrogens is 1. The van der Waals surface area contributed by atoms with Crippen LogP contribution in [0.15, 0.2) is 72.8 Å². The van der Waals surface area contributed by atoms with Gasteiger partial charge < -0.3 is 15.2 Å². The molecule has 3 atom stereocenters. The first-order valence-electron chi connectivity index (χ1n) is 12.0. The molecule has 38 heavy (non-hydrogen) atoms. The van der Waals surface area contributed by atoms with E-state index >= 15 is 0 Å². The lowest BCUT2D eigenvalue weighted by atomic mass is 9.97. The summed E-state index contributed by atoms with van der Waals surface area (Å²) in [5.74, 6) is 2.14. The molecule has 1 spiro atoms. The van der Waals surface area contributed by atoms with Gasteiger partial charge in [0.25, 0.3) is 5.91 Å². The Kier molecular flexibility index (Phi) is 6.67. The highest BCUT2D eigenvalue weighted by Crippen LogP contribution is 2.52. The smallest absolute Gasteiger partial charge is 0.426 e. The number of carbonyl (C=O) groups excluding carboxylic acids is 3. The molecule has 3 N–H and O–H groups in total. The van der Waals surface area contributed by atoms with E-state index in [1.165, 1.54) is 0 Å². The number of imide groups is 1. The van der Waals surface area contributed by atoms with Gasteiger partial charge in [0.15, 0.2) is 12.6 Å². The fourth-order valence-corrected chi connectivity index (χ4v) is 5.30. The van der Waals surface area contributed by atoms with E-state index in [9.17, 15) is 14.4 Å². The number of ether oxygens (including phenoxy) is 1. The molecule has 3 aromatic carbocycles. The molecule has 0 saturated carbocycles. The summed E-state index contributed by atoms with van der Waals surface area (Å²) in [6, 6.07) is 19.4. The average Bonchev–Trinajstić information content (AvgIpc) is 3.55. The van der Waals surface area contributed by atoms with Crippen molar-refractivity contribution in [2.24, 2.45) is 0 Å². The quantitative estimate of drug-likeness (QED) is 0.179. The van der Waals surface area contributed by atoms with E-state index in [1.807, 2.05) is 30.3 Å². The Hall–Kier alpha value is -4.16. The number of urea groups is 1. The van der Waals surface area contributed by atoms with E-state index in [0.29, 0.717) is 22.6 Å². The number of aliphatic hydroxyl groups is 1. The molecule has 2 fully saturated rings. The summed E-state index contributed by atoms with van der Waals surface area (Å²) in [5.41, 5.74) is 0.946. The van der Waals surface area contributed by atoms with E-state index in [1.54, 1.807) is 42.5 Å². The molecule has 2 heterocycles. The van der Waals surface area contributed by atoms with Crippen molar-refractivity contribution in [2.75, 3.05) is 25.1 Å². The fraction of sp³-hybridized carbons (Fsp3) is 0.207. The van der Waals surface area contributed by atoms with Crippen molar-refractivity contribution in [1.29, 1.82) is 0 Å². The number of carbonyl (C=O) groups is 3. The number of rotatable bonds is 8. The van der Waals surface area contributed by atoms with E-state index in [0.717, 1.165) is 5.56 Å². The van der Waals surface area contributed by atoms with Crippen LogP contribution in [0.4, 0.5) is 10.5 Å². The van der Waals surface area contributed by atoms with Crippen LogP contribution >= 0.6 is 11.6 Å². The Labute approximate surface area is 224 Å². The van der Waals surface area contributed by atoms with Gasteiger partial charge >= 0.3 is 11.9 Å². The molecule has 0 aromatic heterocycles. The summed E-state index contributed by atoms with van der Waals surface area (Å²) >= 11 is 6.35. The molecule has 9 heteroatoms. The minimum Gasteiger partial charge on any atom is -0.491 e. The molecule has 5 rings (SSSR count). The summed E-state index contributed by atoms with van der Waals surface area (Å²) < 4.78 is 4.75. The Morgan fingerprint density at radius 3 is 2.55 bits per heavy atom. The Bertz CT molecular complexity index is 1450. The van der Waals surface area contributed by atoms with Gasteiger partial charge in [0.05, 0.1) is 17.3 Å². The van der Waals surface area contributed by atoms with Crippen LogP contribution in [0.2, 0.25) is 5.02 Å². The summed E-state index contributed by atoms with van der Waals surface area (Å²) in [4.78, 5) is 41.2. The van der Waals surface area contributed by atoms with Crippen molar-refractivity contribution in [3.8, 4) is 18.1 Å². The Morgan fingerprint density at radius 2 is 1.89 bits per heavy atom. The number of anilines is 1. The fourth-order valence-electron chi connectivity index (χ4n) is 5.07. The molecule has 2 saturated heterocycles. The van der Waals surface area contributed by atoms with Crippen LogP contribution in [0.5, 0.6) is 5.75 Å². The van der Waals surface area contributed by atoms with Gasteiger partial charge in [0, 0.05) is 12.0 Å². The molecule has 0 bridgehead atoms. The molecule has 8 nitrogen and oxygen atoms in total. The highest BCUT2D eigenvalue weighted by atomic mass is 35.5. The summed E-state index contributed by atoms with van der Waals surface area (Å²) in [6.07, 6.45) is 5.62. The van der Waals surface area contributed by atoms with E-state index < -0.39 is 33.9 Å². The predicted octanol–water partition coefficient (Wildman–Crippen LogP) is 3.43. The van der Waals surface area contributed by atoms with Gasteiger partial charge in [-0.05, 0) is 41.5 Å². The zero-order valence-corrected chi connectivity index (χ0v) is 21.1. The topological polar surface area (TPSA) is 105 Å². The van der Waals surface area contributed by atoms with E-state index in [-0.39, 0.29) is 31.2 Å². The number of aliphatic hydroxyl groups excluding tert-OH is 1. The van der Waals surface area contributed by atoms with E-state index in [4.69, 9.17) is 27.9 Å². The Balaban J connectivity index is 1.46. The van der Waals surface area contributed by atoms with Gasteiger partial charge in [-0.1, -0.05) is 60.0 Å². The third-order valence-corrected chi connectivity index (χ3v) is 7.40. The summed E-state index contributed by atoms with van der Waals surface area (Å²) in [7, 11) is 0. The molecule has 2 aliphatic rings. The van der Waals surface area contributed by atoms with Crippen molar-refractivity contribution >= 4 is 35.1 Å². The number of hydrogen-bond donors (Lipinski definition) is 3. The van der Waals surface area contributed by atoms with Crippen molar-refractivity contribution < 1.29 is 28.7 Å². The number of hydrogen-bond acceptors (Lipinski definition) is 5. The molecule has 0 aliphatic carbocycles. The summed E-state index contributed by atoms with van der Waals surface area (Å²) in [5, 5.41) is 14.8. The van der Waals surface area contributed by atoms with Crippen molar-refractivity contribution in [3.05, 3.63) is 94.5 Å². The van der Waals surface area contributed by atoms with Crippen molar-refractivity contribution in [3.63, 3.8) is 0 Å². The lowest BCUT2D eigenvalue weighted by molar-refractivity contribution is -0.649. The number of nitrogens with zero attached hydrogens (tertiary/aromatic N) is 1. The van der Waals surface area contributed by atoms with Crippen LogP contribution in [0, 0.1) is 12.3 Å². The van der Waals surface area contributed by atoms with Crippen molar-refractivity contribution in [1.82, 2.24) is 5.32 Å². The molecular formula is C29H25ClN3O5+. The maximum Gasteiger partial charge on any atom is 0.426 e. The minimum atomic E-state index is -1.35. The molecule has 3 aromatic rings. The van der Waals surface area contributed by atoms with Crippen LogP contribution in [0.25, 0.3) is 0 Å². The summed E-state index contributed by atoms with van der Waals surface area (Å²) in [6.45, 7) is 0.0431. The molecular weight excluding hydrogens is 506 g/mol. The number of amides is 4. The highest BCUT2D eigenvalue weighted by molar-refractivity contribution is 6.34. The number of terminal acetylenes is 1. The first-order chi connectivity index (χ1) is 18.3. The van der Waals surface area contributed by atoms with Gasteiger partial charge in [0.2, 0.25) is 5.54 Å². The second-order valence-corrected chi connectivity index (χ2v) is 9.72. The average molecular weight is 531 g/mol. The standard InChI is InChI=1S/C29H24ClN3O5/c1-2-19-8-13-24(23(30)16-19)31-27(36)29(17-20-6-4-3-5-7-20)18-33(29)26(35)25(32-28(33)37)21-9-11-22(12-10-21)38-15-14-34/h1,3-13,16,25,34H,14-15,17-18H2,(H-,31,32,36,37)/p+1. The van der Waals surface area contributed by atoms with Gasteiger partial charge in [-0.15, -0.1) is 6.42 Å². The molecule has 4 amide bonds. The normalized spacial score (nSPS) is 23.6. The maximum atomic E-state index is 13.9. The third-order valence-electron chi connectivity index (χ3n) is 7.08. The lowest BCUT2D eigenvalue weighted by Crippen LogP contribution is -2.49. The zero-order chi connectivity index (χ0) is 26.9. The molecule has 2 aliphatic heterocycles. The van der Waals surface area contributed by atoms with Gasteiger partial charge in [-0.2, -0.15) is 4.48 Å². The third kappa shape index (κ3) is 4.21. The van der Waals surface area contributed by atoms with Crippen molar-refractivity contribution in [2.45, 2.75) is 18.0 Å². The monoisotopic (exact) mass is 530 g/mol. The minimum absolute atomic E-state index is 0.0205. The highest BCUT2D eigenvalue weighted by Gasteiger charge is 2.85. The van der Waals surface area contributed by atoms with Crippen LogP contribution in [-0.4, -0.2) is 52.7 Å². The lowest BCUT2D eigenvalue weighted by Gasteiger charge is -2.18. The largest absolute Gasteiger partial charge is 0.491 e. The maximum absolute atomic E-state index is 13.9. The Morgan fingerprint density at radius 1 is 1.16 bits per heavy atom. The van der Waals surface area contributed by atoms with Gasteiger partial charge in [-0.3, -0.25) is 10.1 Å². The van der Waals surface area contributed by atoms with Crippen LogP contribution in [0.1, 0.15) is 22.7 Å². The van der Waals surface area contributed by atoms with E-state index in [2.05, 4.69) is 16.6 Å². The zero-order valence-electron chi connectivity index (χ0n) is 20.3. The van der Waals surface area contributed by atoms with Crippen LogP contribution < -0.4 is 15.4 Å². The number of halogens is 1. The predicted molar refractivity (Wildman–Crippen MR) is 141 cm³/mol. The molecule has 0 radical (unpaired) electrons. The van der Waals surface area contributed by atoms with Crippen LogP contribution in [0.3, 0.4) is 0 Å². The van der Waals surface area contributed by atoms with Gasteiger partial charge in [0.1, 0.15) is 12.4 Å². The van der Waals surface area contributed by atoms with Gasteiger partial charge in [-0.25, -0.2) is 9.59 Å². The SMILES string of the molecule is C#Cc1ccc(NC(=O)C2(Cc3ccccc3)C[N+]23C(=O)NC(c2ccc(OCCO)cc2)C3=O)c(Cl)c1. The number of nitrogens with one attached hydrogen (secondary N) is 2.